The second-order valence-corrected chi connectivity index (χ2v) is 7.20. The van der Waals surface area contributed by atoms with Crippen LogP contribution in [0.1, 0.15) is 25.8 Å². The van der Waals surface area contributed by atoms with E-state index in [2.05, 4.69) is 30.6 Å². The van der Waals surface area contributed by atoms with E-state index in [0.29, 0.717) is 13.1 Å². The molecular formula is C23H28N4O. The summed E-state index contributed by atoms with van der Waals surface area (Å²) >= 11 is 0. The first-order valence-electron chi connectivity index (χ1n) is 9.74. The van der Waals surface area contributed by atoms with Crippen molar-refractivity contribution in [3.63, 3.8) is 0 Å². The van der Waals surface area contributed by atoms with Gasteiger partial charge < -0.3 is 5.32 Å². The fourth-order valence-corrected chi connectivity index (χ4v) is 3.09. The molecule has 0 bridgehead atoms. The molecule has 146 valence electrons. The fourth-order valence-electron chi connectivity index (χ4n) is 3.09. The average Bonchev–Trinajstić information content (AvgIpc) is 3.12. The fraction of sp³-hybridized carbons (Fsp3) is 0.304. The maximum Gasteiger partial charge on any atom is 0.234 e. The zero-order valence-electron chi connectivity index (χ0n) is 16.8. The van der Waals surface area contributed by atoms with E-state index in [-0.39, 0.29) is 11.9 Å². The molecule has 2 aromatic carbocycles. The summed E-state index contributed by atoms with van der Waals surface area (Å²) in [5.74, 6) is 0.0496. The van der Waals surface area contributed by atoms with Gasteiger partial charge in [-0.2, -0.15) is 5.10 Å². The lowest BCUT2D eigenvalue weighted by molar-refractivity contribution is -0.122. The third-order valence-electron chi connectivity index (χ3n) is 4.73. The molecule has 0 aliphatic rings. The van der Waals surface area contributed by atoms with E-state index < -0.39 is 0 Å². The van der Waals surface area contributed by atoms with Gasteiger partial charge in [0.25, 0.3) is 0 Å². The molecule has 1 N–H and O–H groups in total. The van der Waals surface area contributed by atoms with Crippen LogP contribution in [0.25, 0.3) is 16.9 Å². The Morgan fingerprint density at radius 2 is 1.75 bits per heavy atom. The van der Waals surface area contributed by atoms with Crippen LogP contribution >= 0.6 is 0 Å². The summed E-state index contributed by atoms with van der Waals surface area (Å²) in [6, 6.07) is 20.4. The maximum atomic E-state index is 12.2. The van der Waals surface area contributed by atoms with E-state index in [1.54, 1.807) is 0 Å². The van der Waals surface area contributed by atoms with Gasteiger partial charge in [-0.25, -0.2) is 4.68 Å². The van der Waals surface area contributed by atoms with Crippen LogP contribution in [0.15, 0.2) is 66.9 Å². The van der Waals surface area contributed by atoms with Crippen molar-refractivity contribution in [1.29, 1.82) is 0 Å². The molecule has 5 nitrogen and oxygen atoms in total. The van der Waals surface area contributed by atoms with Gasteiger partial charge in [0.05, 0.1) is 17.9 Å². The van der Waals surface area contributed by atoms with E-state index in [9.17, 15) is 4.79 Å². The Hall–Kier alpha value is -2.92. The third-order valence-corrected chi connectivity index (χ3v) is 4.73. The quantitative estimate of drug-likeness (QED) is 0.649. The van der Waals surface area contributed by atoms with Crippen LogP contribution in [0.4, 0.5) is 0 Å². The number of amides is 1. The van der Waals surface area contributed by atoms with E-state index >= 15 is 0 Å². The van der Waals surface area contributed by atoms with Crippen molar-refractivity contribution in [2.24, 2.45) is 0 Å². The lowest BCUT2D eigenvalue weighted by Crippen LogP contribution is -2.39. The van der Waals surface area contributed by atoms with Crippen molar-refractivity contribution in [2.75, 3.05) is 13.6 Å². The molecule has 3 aromatic rings. The third kappa shape index (κ3) is 5.08. The summed E-state index contributed by atoms with van der Waals surface area (Å²) in [5, 5.41) is 7.86. The minimum absolute atomic E-state index is 0.0496. The first kappa shape index (κ1) is 19.8. The number of carbonyl (C=O) groups excluding carboxylic acids is 1. The molecule has 5 heteroatoms. The Morgan fingerprint density at radius 3 is 2.39 bits per heavy atom. The van der Waals surface area contributed by atoms with Crippen molar-refractivity contribution in [2.45, 2.75) is 32.9 Å². The number of likely N-dealkylation sites (N-methyl/N-ethyl adjacent to an activating group) is 1. The van der Waals surface area contributed by atoms with Gasteiger partial charge in [0.2, 0.25) is 5.91 Å². The standard InChI is InChI=1S/C23H28N4O/c1-4-18(2)24-22(28)17-26(3)15-20-16-27(21-13-9-6-10-14-21)25-23(20)19-11-7-5-8-12-19/h5-14,16,18H,4,15,17H2,1-3H3,(H,24,28)/t18-/m0/s1. The topological polar surface area (TPSA) is 50.2 Å². The summed E-state index contributed by atoms with van der Waals surface area (Å²) in [6.45, 7) is 5.09. The van der Waals surface area contributed by atoms with Crippen molar-refractivity contribution >= 4 is 5.91 Å². The smallest absolute Gasteiger partial charge is 0.234 e. The van der Waals surface area contributed by atoms with Crippen molar-refractivity contribution in [3.8, 4) is 16.9 Å². The molecule has 0 aliphatic carbocycles. The van der Waals surface area contributed by atoms with Crippen LogP contribution in [-0.2, 0) is 11.3 Å². The van der Waals surface area contributed by atoms with Crippen LogP contribution in [-0.4, -0.2) is 40.2 Å². The molecule has 0 saturated carbocycles. The second-order valence-electron chi connectivity index (χ2n) is 7.20. The molecular weight excluding hydrogens is 348 g/mol. The summed E-state index contributed by atoms with van der Waals surface area (Å²) in [7, 11) is 1.96. The van der Waals surface area contributed by atoms with Gasteiger partial charge in [0.1, 0.15) is 0 Å². The number of aromatic nitrogens is 2. The summed E-state index contributed by atoms with van der Waals surface area (Å²) in [4.78, 5) is 14.2. The highest BCUT2D eigenvalue weighted by atomic mass is 16.2. The first-order chi connectivity index (χ1) is 13.6. The summed E-state index contributed by atoms with van der Waals surface area (Å²) in [6.07, 6.45) is 2.98. The SMILES string of the molecule is CC[C@H](C)NC(=O)CN(C)Cc1cn(-c2ccccc2)nc1-c1ccccc1. The predicted molar refractivity (Wildman–Crippen MR) is 113 cm³/mol. The van der Waals surface area contributed by atoms with Crippen molar-refractivity contribution in [1.82, 2.24) is 20.0 Å². The number of hydrogen-bond donors (Lipinski definition) is 1. The highest BCUT2D eigenvalue weighted by molar-refractivity contribution is 5.78. The Kier molecular flexibility index (Phi) is 6.61. The highest BCUT2D eigenvalue weighted by Crippen LogP contribution is 2.24. The van der Waals surface area contributed by atoms with E-state index in [1.165, 1.54) is 0 Å². The van der Waals surface area contributed by atoms with Crippen molar-refractivity contribution < 1.29 is 4.79 Å². The lowest BCUT2D eigenvalue weighted by Gasteiger charge is -2.18. The molecule has 28 heavy (non-hydrogen) atoms. The minimum atomic E-state index is 0.0496. The molecule has 1 heterocycles. The average molecular weight is 377 g/mol. The Morgan fingerprint density at radius 1 is 1.11 bits per heavy atom. The van der Waals surface area contributed by atoms with Gasteiger partial charge in [0.15, 0.2) is 0 Å². The molecule has 0 aliphatic heterocycles. The number of hydrogen-bond acceptors (Lipinski definition) is 3. The first-order valence-corrected chi connectivity index (χ1v) is 9.74. The highest BCUT2D eigenvalue weighted by Gasteiger charge is 2.16. The molecule has 0 spiro atoms. The predicted octanol–water partition coefficient (Wildman–Crippen LogP) is 3.89. The Labute approximate surface area is 167 Å². The Bertz CT molecular complexity index is 889. The number of nitrogens with one attached hydrogen (secondary N) is 1. The number of para-hydroxylation sites is 1. The van der Waals surface area contributed by atoms with Crippen LogP contribution in [0.5, 0.6) is 0 Å². The van der Waals surface area contributed by atoms with Gasteiger partial charge in [-0.05, 0) is 32.5 Å². The molecule has 1 amide bonds. The number of nitrogens with zero attached hydrogens (tertiary/aromatic N) is 3. The molecule has 0 radical (unpaired) electrons. The minimum Gasteiger partial charge on any atom is -0.353 e. The van der Waals surface area contributed by atoms with Crippen LogP contribution < -0.4 is 5.32 Å². The molecule has 0 unspecified atom stereocenters. The van der Waals surface area contributed by atoms with Crippen molar-refractivity contribution in [3.05, 3.63) is 72.4 Å². The second kappa shape index (κ2) is 9.33. The number of carbonyl (C=O) groups is 1. The van der Waals surface area contributed by atoms with E-state index in [1.807, 2.05) is 72.1 Å². The largest absolute Gasteiger partial charge is 0.353 e. The van der Waals surface area contributed by atoms with Gasteiger partial charge in [-0.15, -0.1) is 0 Å². The van der Waals surface area contributed by atoms with Crippen LogP contribution in [0.2, 0.25) is 0 Å². The van der Waals surface area contributed by atoms with E-state index in [0.717, 1.165) is 28.9 Å². The summed E-state index contributed by atoms with van der Waals surface area (Å²) in [5.41, 5.74) is 4.13. The lowest BCUT2D eigenvalue weighted by atomic mass is 10.1. The number of benzene rings is 2. The van der Waals surface area contributed by atoms with Gasteiger partial charge in [0, 0.05) is 29.9 Å². The zero-order valence-corrected chi connectivity index (χ0v) is 16.8. The number of rotatable bonds is 8. The van der Waals surface area contributed by atoms with Gasteiger partial charge in [-0.3, -0.25) is 9.69 Å². The maximum absolute atomic E-state index is 12.2. The molecule has 0 fully saturated rings. The van der Waals surface area contributed by atoms with Gasteiger partial charge >= 0.3 is 0 Å². The van der Waals surface area contributed by atoms with Gasteiger partial charge in [-0.1, -0.05) is 55.5 Å². The monoisotopic (exact) mass is 376 g/mol. The normalized spacial score (nSPS) is 12.1. The van der Waals surface area contributed by atoms with Crippen LogP contribution in [0, 0.1) is 0 Å². The molecule has 3 rings (SSSR count). The summed E-state index contributed by atoms with van der Waals surface area (Å²) < 4.78 is 1.91. The zero-order chi connectivity index (χ0) is 19.9. The molecule has 1 atom stereocenters. The molecule has 0 saturated heterocycles. The van der Waals surface area contributed by atoms with Crippen LogP contribution in [0.3, 0.4) is 0 Å². The molecule has 1 aromatic heterocycles. The van der Waals surface area contributed by atoms with E-state index in [4.69, 9.17) is 5.10 Å². The Balaban J connectivity index is 1.83.